The maximum atomic E-state index is 6.17. The van der Waals surface area contributed by atoms with Crippen LogP contribution in [-0.2, 0) is 6.42 Å². The minimum absolute atomic E-state index is 0.154. The summed E-state index contributed by atoms with van der Waals surface area (Å²) in [4.78, 5) is 8.01. The molecule has 1 unspecified atom stereocenters. The van der Waals surface area contributed by atoms with Crippen molar-refractivity contribution in [3.8, 4) is 0 Å². The summed E-state index contributed by atoms with van der Waals surface area (Å²) in [7, 11) is 0. The molecular formula is C13H14ClN3. The average molecular weight is 248 g/mol. The fraction of sp³-hybridized carbons (Fsp3) is 0.231. The molecule has 0 amide bonds. The van der Waals surface area contributed by atoms with E-state index in [4.69, 9.17) is 17.3 Å². The molecule has 1 aromatic carbocycles. The number of halogens is 1. The van der Waals surface area contributed by atoms with Crippen molar-refractivity contribution in [2.75, 3.05) is 0 Å². The van der Waals surface area contributed by atoms with Gasteiger partial charge in [-0.05, 0) is 36.6 Å². The van der Waals surface area contributed by atoms with Crippen molar-refractivity contribution < 1.29 is 0 Å². The van der Waals surface area contributed by atoms with E-state index >= 15 is 0 Å². The Morgan fingerprint density at radius 1 is 1.35 bits per heavy atom. The molecule has 1 heterocycles. The Morgan fingerprint density at radius 2 is 2.18 bits per heavy atom. The number of rotatable bonds is 3. The Balaban J connectivity index is 2.16. The Labute approximate surface area is 106 Å². The van der Waals surface area contributed by atoms with Crippen molar-refractivity contribution in [2.45, 2.75) is 19.4 Å². The first-order valence-electron chi connectivity index (χ1n) is 5.43. The minimum atomic E-state index is -0.154. The molecule has 88 valence electrons. The molecule has 1 atom stereocenters. The topological polar surface area (TPSA) is 51.8 Å². The molecule has 0 saturated carbocycles. The third-order valence-corrected chi connectivity index (χ3v) is 2.98. The number of nitrogens with two attached hydrogens (primary N) is 1. The highest BCUT2D eigenvalue weighted by molar-refractivity contribution is 6.31. The quantitative estimate of drug-likeness (QED) is 0.907. The van der Waals surface area contributed by atoms with Crippen molar-refractivity contribution in [2.24, 2.45) is 5.73 Å². The summed E-state index contributed by atoms with van der Waals surface area (Å²) in [5.74, 6) is 0. The lowest BCUT2D eigenvalue weighted by Crippen LogP contribution is -2.15. The lowest BCUT2D eigenvalue weighted by Gasteiger charge is -2.12. The first kappa shape index (κ1) is 12.0. The van der Waals surface area contributed by atoms with Crippen LogP contribution in [0, 0.1) is 6.92 Å². The largest absolute Gasteiger partial charge is 0.322 e. The second-order valence-electron chi connectivity index (χ2n) is 4.04. The molecule has 0 radical (unpaired) electrons. The molecule has 1 aromatic heterocycles. The van der Waals surface area contributed by atoms with Gasteiger partial charge in [0.25, 0.3) is 0 Å². The fourth-order valence-corrected chi connectivity index (χ4v) is 1.99. The van der Waals surface area contributed by atoms with Gasteiger partial charge in [0, 0.05) is 11.2 Å². The van der Waals surface area contributed by atoms with Gasteiger partial charge in [0.2, 0.25) is 0 Å². The lowest BCUT2D eigenvalue weighted by molar-refractivity contribution is 0.693. The Hall–Kier alpha value is -1.45. The first-order chi connectivity index (χ1) is 8.16. The predicted octanol–water partition coefficient (Wildman–Crippen LogP) is 2.68. The van der Waals surface area contributed by atoms with Crippen LogP contribution in [0.4, 0.5) is 0 Å². The number of nitrogens with zero attached hydrogens (tertiary/aromatic N) is 2. The van der Waals surface area contributed by atoms with Crippen LogP contribution >= 0.6 is 11.6 Å². The highest BCUT2D eigenvalue weighted by Gasteiger charge is 2.10. The number of aromatic nitrogens is 2. The molecule has 2 N–H and O–H groups in total. The lowest BCUT2D eigenvalue weighted by atomic mass is 10.0. The van der Waals surface area contributed by atoms with Crippen LogP contribution in [0.5, 0.6) is 0 Å². The van der Waals surface area contributed by atoms with Crippen LogP contribution in [0.3, 0.4) is 0 Å². The average Bonchev–Trinajstić information content (AvgIpc) is 2.34. The van der Waals surface area contributed by atoms with Gasteiger partial charge in [-0.2, -0.15) is 0 Å². The van der Waals surface area contributed by atoms with Gasteiger partial charge in [-0.3, -0.25) is 0 Å². The molecule has 0 saturated heterocycles. The van der Waals surface area contributed by atoms with Gasteiger partial charge in [-0.25, -0.2) is 9.97 Å². The summed E-state index contributed by atoms with van der Waals surface area (Å²) in [5, 5.41) is 0.759. The van der Waals surface area contributed by atoms with Gasteiger partial charge in [-0.15, -0.1) is 0 Å². The summed E-state index contributed by atoms with van der Waals surface area (Å²) in [6.07, 6.45) is 3.88. The van der Waals surface area contributed by atoms with Crippen molar-refractivity contribution >= 4 is 11.6 Å². The molecule has 2 aromatic rings. The van der Waals surface area contributed by atoms with Gasteiger partial charge in [0.15, 0.2) is 0 Å². The molecular weight excluding hydrogens is 234 g/mol. The molecule has 0 aliphatic carbocycles. The van der Waals surface area contributed by atoms with E-state index in [0.29, 0.717) is 6.42 Å². The summed E-state index contributed by atoms with van der Waals surface area (Å²) in [5.41, 5.74) is 9.11. The highest BCUT2D eigenvalue weighted by atomic mass is 35.5. The van der Waals surface area contributed by atoms with Crippen molar-refractivity contribution in [1.82, 2.24) is 9.97 Å². The molecule has 17 heavy (non-hydrogen) atoms. The third kappa shape index (κ3) is 3.02. The normalized spacial score (nSPS) is 12.4. The number of benzene rings is 1. The van der Waals surface area contributed by atoms with Crippen molar-refractivity contribution in [1.29, 1.82) is 0 Å². The molecule has 0 aliphatic rings. The van der Waals surface area contributed by atoms with Crippen LogP contribution in [0.25, 0.3) is 0 Å². The maximum Gasteiger partial charge on any atom is 0.115 e. The first-order valence-corrected chi connectivity index (χ1v) is 5.81. The second-order valence-corrected chi connectivity index (χ2v) is 4.45. The molecule has 0 bridgehead atoms. The summed E-state index contributed by atoms with van der Waals surface area (Å²) in [6, 6.07) is 7.67. The summed E-state index contributed by atoms with van der Waals surface area (Å²) >= 11 is 6.17. The Bertz CT molecular complexity index is 499. The zero-order valence-electron chi connectivity index (χ0n) is 9.60. The zero-order chi connectivity index (χ0) is 12.3. The van der Waals surface area contributed by atoms with Gasteiger partial charge >= 0.3 is 0 Å². The van der Waals surface area contributed by atoms with Gasteiger partial charge in [-0.1, -0.05) is 23.7 Å². The molecule has 0 spiro atoms. The zero-order valence-corrected chi connectivity index (χ0v) is 10.4. The van der Waals surface area contributed by atoms with E-state index in [0.717, 1.165) is 21.8 Å². The van der Waals surface area contributed by atoms with E-state index in [-0.39, 0.29) is 6.04 Å². The van der Waals surface area contributed by atoms with E-state index in [2.05, 4.69) is 9.97 Å². The van der Waals surface area contributed by atoms with E-state index in [9.17, 15) is 0 Å². The fourth-order valence-electron chi connectivity index (χ4n) is 1.68. The number of hydrogen-bond acceptors (Lipinski definition) is 3. The van der Waals surface area contributed by atoms with Crippen molar-refractivity contribution in [3.63, 3.8) is 0 Å². The van der Waals surface area contributed by atoms with Crippen LogP contribution < -0.4 is 5.73 Å². The predicted molar refractivity (Wildman–Crippen MR) is 68.9 cm³/mol. The smallest absolute Gasteiger partial charge is 0.115 e. The van der Waals surface area contributed by atoms with Crippen LogP contribution in [0.15, 0.2) is 36.8 Å². The van der Waals surface area contributed by atoms with Gasteiger partial charge < -0.3 is 5.73 Å². The van der Waals surface area contributed by atoms with E-state index in [1.165, 1.54) is 6.33 Å². The van der Waals surface area contributed by atoms with Gasteiger partial charge in [0.1, 0.15) is 6.33 Å². The standard InChI is InChI=1S/C13H14ClN3/c1-9-2-3-10(11(14)6-9)7-12(15)13-4-5-16-8-17-13/h2-6,8,12H,7,15H2,1H3. The maximum absolute atomic E-state index is 6.17. The molecule has 4 heteroatoms. The number of aryl methyl sites for hydroxylation is 1. The monoisotopic (exact) mass is 247 g/mol. The van der Waals surface area contributed by atoms with Crippen LogP contribution in [-0.4, -0.2) is 9.97 Å². The molecule has 3 nitrogen and oxygen atoms in total. The second kappa shape index (κ2) is 5.25. The van der Waals surface area contributed by atoms with E-state index in [1.807, 2.05) is 31.2 Å². The highest BCUT2D eigenvalue weighted by Crippen LogP contribution is 2.22. The van der Waals surface area contributed by atoms with E-state index in [1.54, 1.807) is 6.20 Å². The summed E-state index contributed by atoms with van der Waals surface area (Å²) < 4.78 is 0. The Morgan fingerprint density at radius 3 is 2.82 bits per heavy atom. The summed E-state index contributed by atoms with van der Waals surface area (Å²) in [6.45, 7) is 2.01. The molecule has 0 aliphatic heterocycles. The SMILES string of the molecule is Cc1ccc(CC(N)c2ccncn2)c(Cl)c1. The molecule has 0 fully saturated rings. The minimum Gasteiger partial charge on any atom is -0.322 e. The van der Waals surface area contributed by atoms with Crippen LogP contribution in [0.2, 0.25) is 5.02 Å². The number of hydrogen-bond donors (Lipinski definition) is 1. The molecule has 2 rings (SSSR count). The van der Waals surface area contributed by atoms with E-state index < -0.39 is 0 Å². The van der Waals surface area contributed by atoms with Crippen molar-refractivity contribution in [3.05, 3.63) is 58.6 Å². The van der Waals surface area contributed by atoms with Gasteiger partial charge in [0.05, 0.1) is 11.7 Å². The Kier molecular flexibility index (Phi) is 3.71. The van der Waals surface area contributed by atoms with Crippen LogP contribution in [0.1, 0.15) is 22.9 Å². The third-order valence-electron chi connectivity index (χ3n) is 2.63.